The molecule has 0 aliphatic rings. The molecule has 1 amide bonds. The standard InChI is InChI=1S/C20H20N4O/c1-13-5-4-6-16(10-13)23-19-12-21-18(11-22-19)20(25)24-17-8-7-14(2)9-15(17)3/h4-12H,1-3H3,(H,22,23)(H,24,25). The van der Waals surface area contributed by atoms with Crippen LogP contribution >= 0.6 is 0 Å². The molecule has 1 heterocycles. The topological polar surface area (TPSA) is 66.9 Å². The maximum absolute atomic E-state index is 12.3. The number of aryl methyl sites for hydroxylation is 3. The molecule has 0 aliphatic carbocycles. The van der Waals surface area contributed by atoms with Gasteiger partial charge >= 0.3 is 0 Å². The first-order valence-electron chi connectivity index (χ1n) is 8.05. The Morgan fingerprint density at radius 1 is 0.920 bits per heavy atom. The highest BCUT2D eigenvalue weighted by molar-refractivity contribution is 6.03. The van der Waals surface area contributed by atoms with Crippen molar-refractivity contribution in [1.82, 2.24) is 9.97 Å². The largest absolute Gasteiger partial charge is 0.339 e. The Bertz CT molecular complexity index is 904. The van der Waals surface area contributed by atoms with Gasteiger partial charge in [-0.3, -0.25) is 4.79 Å². The normalized spacial score (nSPS) is 10.4. The van der Waals surface area contributed by atoms with Crippen LogP contribution in [0, 0.1) is 20.8 Å². The highest BCUT2D eigenvalue weighted by Gasteiger charge is 2.10. The summed E-state index contributed by atoms with van der Waals surface area (Å²) < 4.78 is 0. The van der Waals surface area contributed by atoms with Gasteiger partial charge in [0.05, 0.1) is 12.4 Å². The summed E-state index contributed by atoms with van der Waals surface area (Å²) in [4.78, 5) is 20.8. The summed E-state index contributed by atoms with van der Waals surface area (Å²) in [5.41, 5.74) is 5.30. The van der Waals surface area contributed by atoms with Crippen LogP contribution in [0.25, 0.3) is 0 Å². The molecule has 2 aromatic carbocycles. The van der Waals surface area contributed by atoms with Crippen LogP contribution in [0.4, 0.5) is 17.2 Å². The van der Waals surface area contributed by atoms with E-state index in [-0.39, 0.29) is 11.6 Å². The number of nitrogens with one attached hydrogen (secondary N) is 2. The molecule has 0 fully saturated rings. The predicted molar refractivity (Wildman–Crippen MR) is 100 cm³/mol. The third-order valence-electron chi connectivity index (χ3n) is 3.81. The Kier molecular flexibility index (Phi) is 4.75. The average molecular weight is 332 g/mol. The van der Waals surface area contributed by atoms with E-state index < -0.39 is 0 Å². The molecular formula is C20H20N4O. The molecule has 126 valence electrons. The van der Waals surface area contributed by atoms with Crippen molar-refractivity contribution in [2.45, 2.75) is 20.8 Å². The highest BCUT2D eigenvalue weighted by atomic mass is 16.1. The van der Waals surface area contributed by atoms with E-state index in [4.69, 9.17) is 0 Å². The van der Waals surface area contributed by atoms with Crippen LogP contribution in [-0.2, 0) is 0 Å². The quantitative estimate of drug-likeness (QED) is 0.743. The number of rotatable bonds is 4. The molecule has 0 spiro atoms. The van der Waals surface area contributed by atoms with Crippen molar-refractivity contribution < 1.29 is 4.79 Å². The number of aromatic nitrogens is 2. The van der Waals surface area contributed by atoms with Crippen molar-refractivity contribution in [3.8, 4) is 0 Å². The van der Waals surface area contributed by atoms with Gasteiger partial charge in [-0.25, -0.2) is 9.97 Å². The van der Waals surface area contributed by atoms with Crippen LogP contribution in [0.5, 0.6) is 0 Å². The van der Waals surface area contributed by atoms with Gasteiger partial charge in [0, 0.05) is 11.4 Å². The third-order valence-corrected chi connectivity index (χ3v) is 3.81. The van der Waals surface area contributed by atoms with Gasteiger partial charge in [-0.2, -0.15) is 0 Å². The molecule has 3 aromatic rings. The Hall–Kier alpha value is -3.21. The summed E-state index contributed by atoms with van der Waals surface area (Å²) in [6.07, 6.45) is 3.02. The van der Waals surface area contributed by atoms with Gasteiger partial charge in [-0.05, 0) is 50.1 Å². The van der Waals surface area contributed by atoms with Crippen molar-refractivity contribution in [2.75, 3.05) is 10.6 Å². The first kappa shape index (κ1) is 16.6. The highest BCUT2D eigenvalue weighted by Crippen LogP contribution is 2.18. The molecule has 5 heteroatoms. The second kappa shape index (κ2) is 7.13. The monoisotopic (exact) mass is 332 g/mol. The Labute approximate surface area is 147 Å². The van der Waals surface area contributed by atoms with Gasteiger partial charge < -0.3 is 10.6 Å². The lowest BCUT2D eigenvalue weighted by molar-refractivity contribution is 0.102. The molecule has 5 nitrogen and oxygen atoms in total. The fraction of sp³-hybridized carbons (Fsp3) is 0.150. The van der Waals surface area contributed by atoms with E-state index in [0.29, 0.717) is 5.82 Å². The van der Waals surface area contributed by atoms with Gasteiger partial charge in [0.25, 0.3) is 5.91 Å². The van der Waals surface area contributed by atoms with Gasteiger partial charge in [-0.15, -0.1) is 0 Å². The number of hydrogen-bond donors (Lipinski definition) is 2. The van der Waals surface area contributed by atoms with Gasteiger partial charge in [0.1, 0.15) is 11.5 Å². The lowest BCUT2D eigenvalue weighted by Gasteiger charge is -2.09. The minimum Gasteiger partial charge on any atom is -0.339 e. The Balaban J connectivity index is 1.70. The molecule has 0 saturated heterocycles. The van der Waals surface area contributed by atoms with Crippen molar-refractivity contribution in [3.05, 3.63) is 77.2 Å². The van der Waals surface area contributed by atoms with Crippen molar-refractivity contribution in [1.29, 1.82) is 0 Å². The number of benzene rings is 2. The molecule has 0 bridgehead atoms. The minimum atomic E-state index is -0.276. The van der Waals surface area contributed by atoms with E-state index >= 15 is 0 Å². The van der Waals surface area contributed by atoms with Crippen molar-refractivity contribution in [3.63, 3.8) is 0 Å². The van der Waals surface area contributed by atoms with Gasteiger partial charge in [0.2, 0.25) is 0 Å². The molecule has 25 heavy (non-hydrogen) atoms. The number of amides is 1. The number of carbonyl (C=O) groups is 1. The summed E-state index contributed by atoms with van der Waals surface area (Å²) in [6, 6.07) is 13.8. The number of nitrogens with zero attached hydrogens (tertiary/aromatic N) is 2. The van der Waals surface area contributed by atoms with Crippen LogP contribution in [0.3, 0.4) is 0 Å². The van der Waals surface area contributed by atoms with Crippen LogP contribution < -0.4 is 10.6 Å². The molecule has 0 unspecified atom stereocenters. The summed E-state index contributed by atoms with van der Waals surface area (Å²) in [5.74, 6) is 0.315. The molecule has 0 atom stereocenters. The first-order valence-corrected chi connectivity index (χ1v) is 8.05. The number of carbonyl (C=O) groups excluding carboxylic acids is 1. The zero-order chi connectivity index (χ0) is 17.8. The SMILES string of the molecule is Cc1cccc(Nc2cnc(C(=O)Nc3ccc(C)cc3C)cn2)c1. The average Bonchev–Trinajstić information content (AvgIpc) is 2.58. The molecule has 0 radical (unpaired) electrons. The summed E-state index contributed by atoms with van der Waals surface area (Å²) in [5, 5.41) is 6.04. The summed E-state index contributed by atoms with van der Waals surface area (Å²) in [7, 11) is 0. The van der Waals surface area contributed by atoms with Crippen molar-refractivity contribution >= 4 is 23.1 Å². The van der Waals surface area contributed by atoms with E-state index in [2.05, 4.69) is 20.6 Å². The Morgan fingerprint density at radius 3 is 2.40 bits per heavy atom. The van der Waals surface area contributed by atoms with Crippen LogP contribution in [0.15, 0.2) is 54.9 Å². The summed E-state index contributed by atoms with van der Waals surface area (Å²) >= 11 is 0. The van der Waals surface area contributed by atoms with E-state index in [9.17, 15) is 4.79 Å². The predicted octanol–water partition coefficient (Wildman–Crippen LogP) is 4.40. The molecule has 3 rings (SSSR count). The fourth-order valence-corrected chi connectivity index (χ4v) is 2.52. The van der Waals surface area contributed by atoms with Gasteiger partial charge in [0.15, 0.2) is 0 Å². The Morgan fingerprint density at radius 2 is 1.72 bits per heavy atom. The number of hydrogen-bond acceptors (Lipinski definition) is 4. The van der Waals surface area contributed by atoms with Crippen LogP contribution in [0.2, 0.25) is 0 Å². The molecule has 0 saturated carbocycles. The lowest BCUT2D eigenvalue weighted by atomic mass is 10.1. The smallest absolute Gasteiger partial charge is 0.275 e. The second-order valence-corrected chi connectivity index (χ2v) is 6.05. The van der Waals surface area contributed by atoms with E-state index in [1.54, 1.807) is 6.20 Å². The van der Waals surface area contributed by atoms with Crippen LogP contribution in [-0.4, -0.2) is 15.9 Å². The second-order valence-electron chi connectivity index (χ2n) is 6.05. The van der Waals surface area contributed by atoms with E-state index in [1.165, 1.54) is 6.20 Å². The number of anilines is 3. The molecule has 0 aliphatic heterocycles. The van der Waals surface area contributed by atoms with Crippen LogP contribution in [0.1, 0.15) is 27.2 Å². The minimum absolute atomic E-state index is 0.273. The zero-order valence-corrected chi connectivity index (χ0v) is 14.5. The molecule has 1 aromatic heterocycles. The molecular weight excluding hydrogens is 312 g/mol. The van der Waals surface area contributed by atoms with E-state index in [0.717, 1.165) is 28.1 Å². The maximum atomic E-state index is 12.3. The van der Waals surface area contributed by atoms with Gasteiger partial charge in [-0.1, -0.05) is 29.8 Å². The fourth-order valence-electron chi connectivity index (χ4n) is 2.52. The molecule has 2 N–H and O–H groups in total. The zero-order valence-electron chi connectivity index (χ0n) is 14.5. The third kappa shape index (κ3) is 4.20. The maximum Gasteiger partial charge on any atom is 0.275 e. The summed E-state index contributed by atoms with van der Waals surface area (Å²) in [6.45, 7) is 6.00. The van der Waals surface area contributed by atoms with E-state index in [1.807, 2.05) is 63.2 Å². The lowest BCUT2D eigenvalue weighted by Crippen LogP contribution is -2.15. The first-order chi connectivity index (χ1) is 12.0. The van der Waals surface area contributed by atoms with Crippen molar-refractivity contribution in [2.24, 2.45) is 0 Å².